The second-order valence-electron chi connectivity index (χ2n) is 8.86. The summed E-state index contributed by atoms with van der Waals surface area (Å²) in [7, 11) is 0. The Morgan fingerprint density at radius 1 is 1.33 bits per heavy atom. The summed E-state index contributed by atoms with van der Waals surface area (Å²) >= 11 is 0. The predicted octanol–water partition coefficient (Wildman–Crippen LogP) is 4.58. The number of halogens is 1. The van der Waals surface area contributed by atoms with Gasteiger partial charge in [-0.15, -0.1) is 0 Å². The van der Waals surface area contributed by atoms with Crippen molar-refractivity contribution in [2.45, 2.75) is 70.6 Å². The van der Waals surface area contributed by atoms with Crippen molar-refractivity contribution in [2.75, 3.05) is 0 Å². The topological polar surface area (TPSA) is 40.5 Å². The minimum atomic E-state index is -0.847. The first-order valence-electron chi connectivity index (χ1n) is 9.53. The van der Waals surface area contributed by atoms with Crippen LogP contribution in [0.5, 0.6) is 5.75 Å². The summed E-state index contributed by atoms with van der Waals surface area (Å²) in [5.74, 6) is 1.93. The maximum Gasteiger partial charge on any atom is 0.115 e. The minimum Gasteiger partial charge on any atom is -0.508 e. The maximum atomic E-state index is 13.8. The second kappa shape index (κ2) is 5.72. The first-order valence-corrected chi connectivity index (χ1v) is 9.53. The lowest BCUT2D eigenvalue weighted by Crippen LogP contribution is -2.42. The van der Waals surface area contributed by atoms with Gasteiger partial charge in [0.2, 0.25) is 0 Å². The maximum absolute atomic E-state index is 13.8. The number of aryl methyl sites for hydroxylation is 1. The van der Waals surface area contributed by atoms with Gasteiger partial charge in [-0.2, -0.15) is 0 Å². The van der Waals surface area contributed by atoms with Crippen LogP contribution < -0.4 is 0 Å². The van der Waals surface area contributed by atoms with Crippen LogP contribution in [0.4, 0.5) is 4.39 Å². The third-order valence-corrected chi connectivity index (χ3v) is 7.31. The highest BCUT2D eigenvalue weighted by atomic mass is 19.1. The molecule has 2 fully saturated rings. The molecule has 0 radical (unpaired) electrons. The van der Waals surface area contributed by atoms with Crippen molar-refractivity contribution < 1.29 is 14.6 Å². The fourth-order valence-electron chi connectivity index (χ4n) is 6.51. The molecule has 4 rings (SSSR count). The average molecular weight is 332 g/mol. The van der Waals surface area contributed by atoms with Gasteiger partial charge in [-0.05, 0) is 97.8 Å². The monoisotopic (exact) mass is 332 g/mol. The molecule has 1 aromatic rings. The van der Waals surface area contributed by atoms with E-state index in [-0.39, 0.29) is 17.4 Å². The van der Waals surface area contributed by atoms with Crippen molar-refractivity contribution in [3.8, 4) is 5.75 Å². The van der Waals surface area contributed by atoms with Gasteiger partial charge in [0.25, 0.3) is 0 Å². The summed E-state index contributed by atoms with van der Waals surface area (Å²) in [6, 6.07) is 5.83. The Kier molecular flexibility index (Phi) is 3.91. The van der Waals surface area contributed by atoms with Gasteiger partial charge < -0.3 is 10.2 Å². The van der Waals surface area contributed by atoms with Crippen LogP contribution in [-0.2, 0) is 6.42 Å². The van der Waals surface area contributed by atoms with E-state index in [1.54, 1.807) is 13.0 Å². The lowest BCUT2D eigenvalue weighted by atomic mass is 9.54. The summed E-state index contributed by atoms with van der Waals surface area (Å²) < 4.78 is 13.8. The number of aliphatic hydroxyl groups excluding tert-OH is 1. The second-order valence-corrected chi connectivity index (χ2v) is 8.86. The molecule has 0 saturated heterocycles. The van der Waals surface area contributed by atoms with E-state index in [1.165, 1.54) is 11.1 Å². The number of alkyl halides is 1. The summed E-state index contributed by atoms with van der Waals surface area (Å²) in [6.07, 6.45) is 4.50. The highest BCUT2D eigenvalue weighted by Crippen LogP contribution is 2.63. The normalized spacial score (nSPS) is 42.1. The summed E-state index contributed by atoms with van der Waals surface area (Å²) in [5.41, 5.74) is 2.84. The summed E-state index contributed by atoms with van der Waals surface area (Å²) in [6.45, 7) is 3.95. The van der Waals surface area contributed by atoms with Crippen molar-refractivity contribution >= 4 is 0 Å². The fourth-order valence-corrected chi connectivity index (χ4v) is 6.51. The Morgan fingerprint density at radius 2 is 2.12 bits per heavy atom. The molecular weight excluding hydrogens is 303 g/mol. The lowest BCUT2D eigenvalue weighted by molar-refractivity contribution is 0.0188. The number of fused-ring (bicyclic) bond motifs is 5. The molecule has 0 heterocycles. The Labute approximate surface area is 144 Å². The highest BCUT2D eigenvalue weighted by molar-refractivity contribution is 5.40. The van der Waals surface area contributed by atoms with Crippen LogP contribution in [0.3, 0.4) is 0 Å². The molecule has 2 nitrogen and oxygen atoms in total. The van der Waals surface area contributed by atoms with Crippen LogP contribution in [0.1, 0.15) is 63.0 Å². The van der Waals surface area contributed by atoms with Crippen molar-refractivity contribution in [1.29, 1.82) is 0 Å². The molecular formula is C21H29FO2. The molecule has 24 heavy (non-hydrogen) atoms. The van der Waals surface area contributed by atoms with Gasteiger partial charge >= 0.3 is 0 Å². The number of aromatic hydroxyl groups is 1. The average Bonchev–Trinajstić information content (AvgIpc) is 2.76. The molecule has 1 aromatic carbocycles. The SMILES string of the molecule is CC(F)C[C@@H]1[C@H]2[C@@H]3CCc4cc(O)ccc4[C@H]3CC[C@]2(C)C[C@@H]1O. The van der Waals surface area contributed by atoms with E-state index in [0.29, 0.717) is 29.9 Å². The number of hydrogen-bond acceptors (Lipinski definition) is 2. The Hall–Kier alpha value is -1.09. The highest BCUT2D eigenvalue weighted by Gasteiger charge is 2.57. The first-order chi connectivity index (χ1) is 11.4. The molecule has 0 aliphatic heterocycles. The first kappa shape index (κ1) is 16.4. The molecule has 1 unspecified atom stereocenters. The molecule has 0 bridgehead atoms. The quantitative estimate of drug-likeness (QED) is 0.832. The number of rotatable bonds is 2. The van der Waals surface area contributed by atoms with Gasteiger partial charge in [-0.1, -0.05) is 13.0 Å². The van der Waals surface area contributed by atoms with Crippen LogP contribution in [-0.4, -0.2) is 22.5 Å². The van der Waals surface area contributed by atoms with E-state index in [0.717, 1.165) is 32.1 Å². The standard InChI is InChI=1S/C21H29FO2/c1-12(22)9-18-19(24)11-21(2)8-7-16-15-6-4-14(23)10-13(15)3-5-17(16)20(18)21/h4,6,10,12,16-20,23-24H,3,5,7-9,11H2,1-2H3/t12?,16-,17-,18+,19+,20-,21-/m1/s1. The molecule has 2 N–H and O–H groups in total. The van der Waals surface area contributed by atoms with Gasteiger partial charge in [0.05, 0.1) is 12.3 Å². The number of benzene rings is 1. The molecule has 0 aromatic heterocycles. The van der Waals surface area contributed by atoms with Crippen molar-refractivity contribution in [2.24, 2.45) is 23.2 Å². The molecule has 7 atom stereocenters. The number of phenolic OH excluding ortho intramolecular Hbond substituents is 1. The van der Waals surface area contributed by atoms with Crippen LogP contribution in [0, 0.1) is 23.2 Å². The zero-order chi connectivity index (χ0) is 17.1. The number of hydrogen-bond donors (Lipinski definition) is 2. The van der Waals surface area contributed by atoms with Crippen LogP contribution in [0.15, 0.2) is 18.2 Å². The Balaban J connectivity index is 1.69. The summed E-state index contributed by atoms with van der Waals surface area (Å²) in [4.78, 5) is 0. The Bertz CT molecular complexity index is 628. The zero-order valence-electron chi connectivity index (χ0n) is 14.7. The predicted molar refractivity (Wildman–Crippen MR) is 92.8 cm³/mol. The Morgan fingerprint density at radius 3 is 2.88 bits per heavy atom. The third-order valence-electron chi connectivity index (χ3n) is 7.31. The van der Waals surface area contributed by atoms with E-state index in [2.05, 4.69) is 13.0 Å². The van der Waals surface area contributed by atoms with Gasteiger partial charge in [0.15, 0.2) is 0 Å². The molecule has 3 heteroatoms. The van der Waals surface area contributed by atoms with E-state index < -0.39 is 6.17 Å². The van der Waals surface area contributed by atoms with Gasteiger partial charge in [0.1, 0.15) is 5.75 Å². The molecule has 132 valence electrons. The summed E-state index contributed by atoms with van der Waals surface area (Å²) in [5, 5.41) is 20.4. The fraction of sp³-hybridized carbons (Fsp3) is 0.714. The molecule has 3 aliphatic rings. The van der Waals surface area contributed by atoms with E-state index in [4.69, 9.17) is 0 Å². The smallest absolute Gasteiger partial charge is 0.115 e. The van der Waals surface area contributed by atoms with Gasteiger partial charge in [-0.25, -0.2) is 4.39 Å². The van der Waals surface area contributed by atoms with Crippen LogP contribution >= 0.6 is 0 Å². The number of aliphatic hydroxyl groups is 1. The third kappa shape index (κ3) is 2.47. The van der Waals surface area contributed by atoms with Crippen LogP contribution in [0.2, 0.25) is 0 Å². The van der Waals surface area contributed by atoms with Crippen molar-refractivity contribution in [3.05, 3.63) is 29.3 Å². The minimum absolute atomic E-state index is 0.0986. The van der Waals surface area contributed by atoms with Gasteiger partial charge in [0, 0.05) is 0 Å². The molecule has 3 aliphatic carbocycles. The van der Waals surface area contributed by atoms with E-state index in [1.807, 2.05) is 6.07 Å². The number of phenols is 1. The lowest BCUT2D eigenvalue weighted by Gasteiger charge is -2.50. The van der Waals surface area contributed by atoms with E-state index >= 15 is 0 Å². The molecule has 0 amide bonds. The largest absolute Gasteiger partial charge is 0.508 e. The van der Waals surface area contributed by atoms with Crippen molar-refractivity contribution in [3.63, 3.8) is 0 Å². The van der Waals surface area contributed by atoms with Crippen molar-refractivity contribution in [1.82, 2.24) is 0 Å². The molecule has 0 spiro atoms. The van der Waals surface area contributed by atoms with Gasteiger partial charge in [-0.3, -0.25) is 0 Å². The molecule has 2 saturated carbocycles. The van der Waals surface area contributed by atoms with Crippen LogP contribution in [0.25, 0.3) is 0 Å². The zero-order valence-corrected chi connectivity index (χ0v) is 14.7. The van der Waals surface area contributed by atoms with E-state index in [9.17, 15) is 14.6 Å².